The zero-order chi connectivity index (χ0) is 12.4. The lowest BCUT2D eigenvalue weighted by atomic mass is 9.80. The quantitative estimate of drug-likeness (QED) is 0.813. The molecule has 3 nitrogen and oxygen atoms in total. The number of amides is 1. The Bertz CT molecular complexity index is 429. The standard InChI is InChI=1S/C13H17ClN2O/c1-8(9-3-2-4-9)16-13(17)11-6-5-10(14)7-12(11)15/h5-9H,2-4,15H2,1H3,(H,16,17). The number of anilines is 1. The van der Waals surface area contributed by atoms with Crippen LogP contribution in [0.5, 0.6) is 0 Å². The van der Waals surface area contributed by atoms with E-state index >= 15 is 0 Å². The molecule has 0 heterocycles. The van der Waals surface area contributed by atoms with Crippen molar-refractivity contribution < 1.29 is 4.79 Å². The van der Waals surface area contributed by atoms with Crippen molar-refractivity contribution in [2.45, 2.75) is 32.2 Å². The van der Waals surface area contributed by atoms with E-state index in [0.717, 1.165) is 0 Å². The van der Waals surface area contributed by atoms with Crippen LogP contribution in [0.15, 0.2) is 18.2 Å². The number of nitrogens with one attached hydrogen (secondary N) is 1. The summed E-state index contributed by atoms with van der Waals surface area (Å²) in [5.74, 6) is 0.506. The second-order valence-electron chi connectivity index (χ2n) is 4.68. The first kappa shape index (κ1) is 12.2. The van der Waals surface area contributed by atoms with E-state index in [1.54, 1.807) is 18.2 Å². The van der Waals surface area contributed by atoms with E-state index in [-0.39, 0.29) is 11.9 Å². The van der Waals surface area contributed by atoms with Gasteiger partial charge in [-0.25, -0.2) is 0 Å². The minimum Gasteiger partial charge on any atom is -0.398 e. The average molecular weight is 253 g/mol. The maximum absolute atomic E-state index is 12.0. The molecular weight excluding hydrogens is 236 g/mol. The molecule has 1 unspecified atom stereocenters. The van der Waals surface area contributed by atoms with Gasteiger partial charge in [-0.05, 0) is 43.9 Å². The highest BCUT2D eigenvalue weighted by Gasteiger charge is 2.25. The SMILES string of the molecule is CC(NC(=O)c1ccc(Cl)cc1N)C1CCC1. The van der Waals surface area contributed by atoms with Crippen LogP contribution in [0.1, 0.15) is 36.5 Å². The fourth-order valence-corrected chi connectivity index (χ4v) is 2.26. The number of rotatable bonds is 3. The Morgan fingerprint density at radius 2 is 2.24 bits per heavy atom. The fourth-order valence-electron chi connectivity index (χ4n) is 2.08. The Kier molecular flexibility index (Phi) is 3.57. The molecule has 4 heteroatoms. The third-order valence-corrected chi connectivity index (χ3v) is 3.71. The predicted octanol–water partition coefficient (Wildman–Crippen LogP) is 2.84. The fraction of sp³-hybridized carbons (Fsp3) is 0.462. The zero-order valence-corrected chi connectivity index (χ0v) is 10.6. The van der Waals surface area contributed by atoms with Crippen molar-refractivity contribution in [3.8, 4) is 0 Å². The van der Waals surface area contributed by atoms with Gasteiger partial charge in [-0.2, -0.15) is 0 Å². The molecule has 1 saturated carbocycles. The summed E-state index contributed by atoms with van der Waals surface area (Å²) in [7, 11) is 0. The van der Waals surface area contributed by atoms with Crippen LogP contribution in [0.2, 0.25) is 5.02 Å². The molecule has 3 N–H and O–H groups in total. The van der Waals surface area contributed by atoms with Gasteiger partial charge < -0.3 is 11.1 Å². The molecule has 0 bridgehead atoms. The summed E-state index contributed by atoms with van der Waals surface area (Å²) in [6.45, 7) is 2.05. The topological polar surface area (TPSA) is 55.1 Å². The lowest BCUT2D eigenvalue weighted by Gasteiger charge is -2.31. The van der Waals surface area contributed by atoms with E-state index in [2.05, 4.69) is 5.32 Å². The molecular formula is C13H17ClN2O. The van der Waals surface area contributed by atoms with Crippen LogP contribution in [0.25, 0.3) is 0 Å². The van der Waals surface area contributed by atoms with Gasteiger partial charge in [0.2, 0.25) is 0 Å². The van der Waals surface area contributed by atoms with Crippen molar-refractivity contribution in [3.05, 3.63) is 28.8 Å². The van der Waals surface area contributed by atoms with E-state index in [1.807, 2.05) is 6.92 Å². The number of carbonyl (C=O) groups is 1. The summed E-state index contributed by atoms with van der Waals surface area (Å²) < 4.78 is 0. The summed E-state index contributed by atoms with van der Waals surface area (Å²) in [5, 5.41) is 3.54. The van der Waals surface area contributed by atoms with E-state index in [1.165, 1.54) is 19.3 Å². The van der Waals surface area contributed by atoms with Crippen LogP contribution in [0.3, 0.4) is 0 Å². The number of hydrogen-bond acceptors (Lipinski definition) is 2. The van der Waals surface area contributed by atoms with Gasteiger partial charge in [0.25, 0.3) is 5.91 Å². The Morgan fingerprint density at radius 3 is 2.76 bits per heavy atom. The van der Waals surface area contributed by atoms with Gasteiger partial charge in [-0.15, -0.1) is 0 Å². The molecule has 0 saturated heterocycles. The Hall–Kier alpha value is -1.22. The molecule has 0 aromatic heterocycles. The van der Waals surface area contributed by atoms with Crippen molar-refractivity contribution >= 4 is 23.2 Å². The largest absolute Gasteiger partial charge is 0.398 e. The van der Waals surface area contributed by atoms with Gasteiger partial charge in [0, 0.05) is 16.8 Å². The normalized spacial score (nSPS) is 17.3. The summed E-state index contributed by atoms with van der Waals surface area (Å²) in [6.07, 6.45) is 3.68. The van der Waals surface area contributed by atoms with Gasteiger partial charge in [0.05, 0.1) is 5.56 Å². The van der Waals surface area contributed by atoms with Gasteiger partial charge >= 0.3 is 0 Å². The zero-order valence-electron chi connectivity index (χ0n) is 9.87. The van der Waals surface area contributed by atoms with Crippen molar-refractivity contribution in [2.75, 3.05) is 5.73 Å². The van der Waals surface area contributed by atoms with Gasteiger partial charge in [-0.3, -0.25) is 4.79 Å². The van der Waals surface area contributed by atoms with Crippen molar-refractivity contribution in [3.63, 3.8) is 0 Å². The Labute approximate surface area is 106 Å². The number of carbonyl (C=O) groups excluding carboxylic acids is 1. The maximum atomic E-state index is 12.0. The lowest BCUT2D eigenvalue weighted by Crippen LogP contribution is -2.40. The van der Waals surface area contributed by atoms with Gasteiger partial charge in [0.15, 0.2) is 0 Å². The van der Waals surface area contributed by atoms with E-state index in [0.29, 0.717) is 22.2 Å². The molecule has 1 fully saturated rings. The molecule has 17 heavy (non-hydrogen) atoms. The summed E-state index contributed by atoms with van der Waals surface area (Å²) in [5.41, 5.74) is 6.70. The summed E-state index contributed by atoms with van der Waals surface area (Å²) in [4.78, 5) is 12.0. The monoisotopic (exact) mass is 252 g/mol. The second kappa shape index (κ2) is 4.96. The van der Waals surface area contributed by atoms with Crippen molar-refractivity contribution in [1.82, 2.24) is 5.32 Å². The van der Waals surface area contributed by atoms with E-state index < -0.39 is 0 Å². The molecule has 1 aromatic rings. The highest BCUT2D eigenvalue weighted by atomic mass is 35.5. The first-order chi connectivity index (χ1) is 8.08. The molecule has 1 amide bonds. The molecule has 2 rings (SSSR count). The lowest BCUT2D eigenvalue weighted by molar-refractivity contribution is 0.0910. The molecule has 0 aliphatic heterocycles. The van der Waals surface area contributed by atoms with Crippen LogP contribution < -0.4 is 11.1 Å². The average Bonchev–Trinajstić information content (AvgIpc) is 2.13. The first-order valence-corrected chi connectivity index (χ1v) is 6.31. The highest BCUT2D eigenvalue weighted by molar-refractivity contribution is 6.31. The van der Waals surface area contributed by atoms with Crippen LogP contribution in [0, 0.1) is 5.92 Å². The highest BCUT2D eigenvalue weighted by Crippen LogP contribution is 2.29. The molecule has 1 aliphatic rings. The summed E-state index contributed by atoms with van der Waals surface area (Å²) >= 11 is 5.80. The van der Waals surface area contributed by atoms with Crippen LogP contribution in [-0.4, -0.2) is 11.9 Å². The van der Waals surface area contributed by atoms with Crippen LogP contribution >= 0.6 is 11.6 Å². The number of nitrogens with two attached hydrogens (primary N) is 1. The molecule has 0 radical (unpaired) electrons. The third-order valence-electron chi connectivity index (χ3n) is 3.47. The molecule has 0 spiro atoms. The second-order valence-corrected chi connectivity index (χ2v) is 5.12. The Balaban J connectivity index is 2.03. The number of nitrogen functional groups attached to an aromatic ring is 1. The number of hydrogen-bond donors (Lipinski definition) is 2. The van der Waals surface area contributed by atoms with E-state index in [9.17, 15) is 4.79 Å². The first-order valence-electron chi connectivity index (χ1n) is 5.94. The van der Waals surface area contributed by atoms with Gasteiger partial charge in [0.1, 0.15) is 0 Å². The molecule has 92 valence electrons. The minimum absolute atomic E-state index is 0.112. The Morgan fingerprint density at radius 1 is 1.53 bits per heavy atom. The number of halogens is 1. The van der Waals surface area contributed by atoms with Crippen molar-refractivity contribution in [2.24, 2.45) is 5.92 Å². The third kappa shape index (κ3) is 2.72. The number of benzene rings is 1. The van der Waals surface area contributed by atoms with Gasteiger partial charge in [-0.1, -0.05) is 18.0 Å². The summed E-state index contributed by atoms with van der Waals surface area (Å²) in [6, 6.07) is 5.16. The smallest absolute Gasteiger partial charge is 0.253 e. The van der Waals surface area contributed by atoms with E-state index in [4.69, 9.17) is 17.3 Å². The predicted molar refractivity (Wildman–Crippen MR) is 70.1 cm³/mol. The van der Waals surface area contributed by atoms with Crippen molar-refractivity contribution in [1.29, 1.82) is 0 Å². The van der Waals surface area contributed by atoms with Crippen LogP contribution in [0.4, 0.5) is 5.69 Å². The van der Waals surface area contributed by atoms with Crippen LogP contribution in [-0.2, 0) is 0 Å². The molecule has 1 aliphatic carbocycles. The minimum atomic E-state index is -0.112. The molecule has 1 atom stereocenters. The maximum Gasteiger partial charge on any atom is 0.253 e. The molecule has 1 aromatic carbocycles.